The van der Waals surface area contributed by atoms with Gasteiger partial charge in [0, 0.05) is 13.5 Å². The summed E-state index contributed by atoms with van der Waals surface area (Å²) in [6.07, 6.45) is 0.304. The highest BCUT2D eigenvalue weighted by Crippen LogP contribution is 2.46. The van der Waals surface area contributed by atoms with E-state index >= 15 is 0 Å². The van der Waals surface area contributed by atoms with Crippen molar-refractivity contribution in [2.24, 2.45) is 0 Å². The highest BCUT2D eigenvalue weighted by molar-refractivity contribution is 5.04. The third-order valence-electron chi connectivity index (χ3n) is 4.46. The minimum Gasteiger partial charge on any atom is -0.369 e. The number of ether oxygens (including phenoxy) is 4. The van der Waals surface area contributed by atoms with E-state index in [1.165, 1.54) is 0 Å². The molecule has 6 nitrogen and oxygen atoms in total. The van der Waals surface area contributed by atoms with Gasteiger partial charge in [0.25, 0.3) is 0 Å². The zero-order valence-electron chi connectivity index (χ0n) is 11.8. The number of nitrogens with zero attached hydrogens (tertiary/aromatic N) is 1. The molecule has 4 aliphatic rings. The Balaban J connectivity index is 1.62. The zero-order chi connectivity index (χ0) is 13.4. The first-order valence-corrected chi connectivity index (χ1v) is 6.92. The summed E-state index contributed by atoms with van der Waals surface area (Å²) in [5.41, 5.74) is -0.252. The molecule has 0 N–H and O–H groups in total. The highest BCUT2D eigenvalue weighted by atomic mass is 16.8. The van der Waals surface area contributed by atoms with Crippen LogP contribution in [0.2, 0.25) is 0 Å². The van der Waals surface area contributed by atoms with E-state index in [1.807, 2.05) is 26.0 Å². The van der Waals surface area contributed by atoms with Crippen molar-refractivity contribution in [1.29, 1.82) is 0 Å². The van der Waals surface area contributed by atoms with Gasteiger partial charge in [-0.2, -0.15) is 5.06 Å². The van der Waals surface area contributed by atoms with Crippen LogP contribution in [-0.4, -0.2) is 60.7 Å². The Morgan fingerprint density at radius 3 is 2.63 bits per heavy atom. The Kier molecular flexibility index (Phi) is 2.43. The standard InChI is InChI=1S/C13H21NO5/c1-12(2)17-10-9-8(16-11(10)18-12)7-5-13(3,6-15-9)19-14(7)4/h7-11H,5-6H2,1-4H3/t7-,8+,9-,10+,11+,13+/m0/s1. The van der Waals surface area contributed by atoms with Crippen LogP contribution < -0.4 is 0 Å². The summed E-state index contributed by atoms with van der Waals surface area (Å²) in [5.74, 6) is -0.596. The number of likely N-dealkylation sites (N-methyl/N-ethyl adjacent to an activating group) is 1. The third kappa shape index (κ3) is 1.78. The molecule has 4 aliphatic heterocycles. The van der Waals surface area contributed by atoms with Crippen molar-refractivity contribution in [3.63, 3.8) is 0 Å². The number of hydrogen-bond acceptors (Lipinski definition) is 6. The van der Waals surface area contributed by atoms with Crippen molar-refractivity contribution in [1.82, 2.24) is 5.06 Å². The molecule has 4 fully saturated rings. The average molecular weight is 271 g/mol. The number of fused-ring (bicyclic) bond motifs is 6. The van der Waals surface area contributed by atoms with Gasteiger partial charge in [0.2, 0.25) is 0 Å². The number of rotatable bonds is 0. The van der Waals surface area contributed by atoms with Crippen molar-refractivity contribution < 1.29 is 23.8 Å². The van der Waals surface area contributed by atoms with Gasteiger partial charge in [-0.15, -0.1) is 0 Å². The molecular weight excluding hydrogens is 250 g/mol. The van der Waals surface area contributed by atoms with Gasteiger partial charge in [-0.1, -0.05) is 0 Å². The molecule has 0 saturated carbocycles. The van der Waals surface area contributed by atoms with Gasteiger partial charge >= 0.3 is 0 Å². The van der Waals surface area contributed by atoms with Crippen molar-refractivity contribution in [2.75, 3.05) is 13.7 Å². The van der Waals surface area contributed by atoms with Crippen LogP contribution in [0.1, 0.15) is 27.2 Å². The molecule has 0 aromatic heterocycles. The first-order chi connectivity index (χ1) is 8.87. The predicted octanol–water partition coefficient (Wildman–Crippen LogP) is 0.656. The van der Waals surface area contributed by atoms with Gasteiger partial charge in [0.15, 0.2) is 12.1 Å². The van der Waals surface area contributed by atoms with E-state index in [1.54, 1.807) is 0 Å². The quantitative estimate of drug-likeness (QED) is 0.645. The minimum atomic E-state index is -0.596. The van der Waals surface area contributed by atoms with Crippen LogP contribution in [0.4, 0.5) is 0 Å². The second-order valence-corrected chi connectivity index (χ2v) is 6.70. The molecule has 0 unspecified atom stereocenters. The molecule has 4 heterocycles. The molecule has 19 heavy (non-hydrogen) atoms. The normalized spacial score (nSPS) is 55.9. The van der Waals surface area contributed by atoms with Gasteiger partial charge in [0.05, 0.1) is 12.6 Å². The van der Waals surface area contributed by atoms with Crippen LogP contribution in [0, 0.1) is 0 Å². The van der Waals surface area contributed by atoms with Gasteiger partial charge in [-0.3, -0.25) is 4.84 Å². The molecule has 108 valence electrons. The van der Waals surface area contributed by atoms with E-state index in [0.29, 0.717) is 6.61 Å². The van der Waals surface area contributed by atoms with Crippen molar-refractivity contribution in [3.05, 3.63) is 0 Å². The maximum atomic E-state index is 6.06. The van der Waals surface area contributed by atoms with E-state index in [2.05, 4.69) is 6.92 Å². The van der Waals surface area contributed by atoms with Crippen LogP contribution in [0.3, 0.4) is 0 Å². The van der Waals surface area contributed by atoms with Gasteiger partial charge in [0.1, 0.15) is 23.9 Å². The summed E-state index contributed by atoms with van der Waals surface area (Å²) in [7, 11) is 1.96. The summed E-state index contributed by atoms with van der Waals surface area (Å²) < 4.78 is 23.8. The van der Waals surface area contributed by atoms with Crippen LogP contribution in [0.15, 0.2) is 0 Å². The van der Waals surface area contributed by atoms with Gasteiger partial charge in [-0.05, 0) is 20.8 Å². The number of hydrogen-bond donors (Lipinski definition) is 0. The van der Waals surface area contributed by atoms with E-state index in [-0.39, 0.29) is 36.2 Å². The molecule has 4 rings (SSSR count). The fourth-order valence-corrected chi connectivity index (χ4v) is 3.71. The lowest BCUT2D eigenvalue weighted by Gasteiger charge is -2.32. The molecule has 0 amide bonds. The second kappa shape index (κ2) is 3.69. The topological polar surface area (TPSA) is 49.4 Å². The summed E-state index contributed by atoms with van der Waals surface area (Å²) in [5, 5.41) is 1.91. The van der Waals surface area contributed by atoms with Crippen LogP contribution >= 0.6 is 0 Å². The molecule has 0 aromatic rings. The van der Waals surface area contributed by atoms with E-state index in [9.17, 15) is 0 Å². The van der Waals surface area contributed by atoms with E-state index < -0.39 is 5.79 Å². The summed E-state index contributed by atoms with van der Waals surface area (Å²) in [6.45, 7) is 6.45. The average Bonchev–Trinajstić information content (AvgIpc) is 2.81. The molecular formula is C13H21NO5. The summed E-state index contributed by atoms with van der Waals surface area (Å²) in [6, 6.07) is 0.193. The van der Waals surface area contributed by atoms with Crippen molar-refractivity contribution in [3.8, 4) is 0 Å². The molecule has 0 spiro atoms. The van der Waals surface area contributed by atoms with Gasteiger partial charge in [-0.25, -0.2) is 0 Å². The fraction of sp³-hybridized carbons (Fsp3) is 1.00. The summed E-state index contributed by atoms with van der Waals surface area (Å²) in [4.78, 5) is 5.87. The molecule has 0 radical (unpaired) electrons. The Labute approximate surface area is 112 Å². The monoisotopic (exact) mass is 271 g/mol. The van der Waals surface area contributed by atoms with Crippen LogP contribution in [-0.2, 0) is 23.8 Å². The lowest BCUT2D eigenvalue weighted by molar-refractivity contribution is -0.262. The molecule has 0 aliphatic carbocycles. The van der Waals surface area contributed by atoms with Crippen LogP contribution in [0.5, 0.6) is 0 Å². The second-order valence-electron chi connectivity index (χ2n) is 6.70. The van der Waals surface area contributed by atoms with Crippen molar-refractivity contribution in [2.45, 2.75) is 69.2 Å². The molecule has 2 bridgehead atoms. The third-order valence-corrected chi connectivity index (χ3v) is 4.46. The van der Waals surface area contributed by atoms with Crippen molar-refractivity contribution >= 4 is 0 Å². The molecule has 6 atom stereocenters. The Hall–Kier alpha value is -0.240. The number of hydroxylamine groups is 2. The Bertz CT molecular complexity index is 402. The lowest BCUT2D eigenvalue weighted by Crippen LogP contribution is -2.47. The minimum absolute atomic E-state index is 0.0552. The smallest absolute Gasteiger partial charge is 0.190 e. The fourth-order valence-electron chi connectivity index (χ4n) is 3.71. The predicted molar refractivity (Wildman–Crippen MR) is 64.1 cm³/mol. The zero-order valence-corrected chi connectivity index (χ0v) is 11.8. The van der Waals surface area contributed by atoms with E-state index in [0.717, 1.165) is 6.42 Å². The first-order valence-electron chi connectivity index (χ1n) is 6.92. The molecule has 0 aromatic carbocycles. The maximum absolute atomic E-state index is 6.06. The van der Waals surface area contributed by atoms with E-state index in [4.69, 9.17) is 23.8 Å². The molecule has 6 heteroatoms. The SMILES string of the molecule is CN1O[C@@]2(C)CO[C@@H]3[C@H]4OC(C)(C)O[C@H]4O[C@@H]3[C@@H]1C2. The van der Waals surface area contributed by atoms with Gasteiger partial charge < -0.3 is 18.9 Å². The lowest BCUT2D eigenvalue weighted by atomic mass is 9.95. The Morgan fingerprint density at radius 1 is 1.05 bits per heavy atom. The first kappa shape index (κ1) is 12.5. The highest BCUT2D eigenvalue weighted by Gasteiger charge is 2.62. The Morgan fingerprint density at radius 2 is 1.84 bits per heavy atom. The molecule has 4 saturated heterocycles. The summed E-state index contributed by atoms with van der Waals surface area (Å²) >= 11 is 0. The maximum Gasteiger partial charge on any atom is 0.190 e. The van der Waals surface area contributed by atoms with Crippen LogP contribution in [0.25, 0.3) is 0 Å². The largest absolute Gasteiger partial charge is 0.369 e.